The molecule has 4 saturated heterocycles. The number of aliphatic carboxylic acids is 2. The highest BCUT2D eigenvalue weighted by molar-refractivity contribution is 7.90. The first-order valence-corrected chi connectivity index (χ1v) is 24.5. The van der Waals surface area contributed by atoms with E-state index in [1.807, 2.05) is 0 Å². The molecule has 0 spiro atoms. The number of ether oxygens (including phenoxy) is 12. The smallest absolute Gasteiger partial charge is 0.217 e. The summed E-state index contributed by atoms with van der Waals surface area (Å²) in [5.41, 5.74) is 0. The van der Waals surface area contributed by atoms with Crippen molar-refractivity contribution in [1.29, 1.82) is 0 Å². The fourth-order valence-electron chi connectivity index (χ4n) is 7.53. The molecule has 1 N–H and O–H groups in total. The summed E-state index contributed by atoms with van der Waals surface area (Å²) in [6, 6.07) is 0. The van der Waals surface area contributed by atoms with E-state index in [9.17, 15) is 64.2 Å². The van der Waals surface area contributed by atoms with Crippen molar-refractivity contribution in [1.82, 2.24) is 0 Å². The second-order valence-corrected chi connectivity index (χ2v) is 17.6. The van der Waals surface area contributed by atoms with Crippen molar-refractivity contribution in [3.8, 4) is 0 Å². The molecule has 4 heterocycles. The third-order valence-corrected chi connectivity index (χ3v) is 12.8. The summed E-state index contributed by atoms with van der Waals surface area (Å²) in [7, 11) is -0.582. The van der Waals surface area contributed by atoms with Crippen LogP contribution in [0.25, 0.3) is 0 Å². The van der Waals surface area contributed by atoms with E-state index in [4.69, 9.17) is 77.8 Å². The van der Waals surface area contributed by atoms with E-state index < -0.39 is 158 Å². The number of carboxylic acid groups (broad SMARTS) is 2. The van der Waals surface area contributed by atoms with Crippen molar-refractivity contribution in [2.75, 3.05) is 48.8 Å². The van der Waals surface area contributed by atoms with E-state index in [-0.39, 0.29) is 61.6 Å². The first kappa shape index (κ1) is 67.7. The van der Waals surface area contributed by atoms with Gasteiger partial charge in [0.25, 0.3) is 0 Å². The van der Waals surface area contributed by atoms with Crippen LogP contribution in [0.4, 0.5) is 0 Å². The Morgan fingerprint density at radius 2 is 0.842 bits per heavy atom. The molecule has 0 amide bonds. The quantitative estimate of drug-likeness (QED) is 0.0151. The maximum atomic E-state index is 13.2. The molecule has 0 aliphatic carbocycles. The molecule has 41 nitrogen and oxygen atoms in total. The van der Waals surface area contributed by atoms with Gasteiger partial charge in [0.05, 0.1) is 25.2 Å². The summed E-state index contributed by atoms with van der Waals surface area (Å²) in [6.45, 7) is -2.11. The van der Waals surface area contributed by atoms with Crippen LogP contribution in [0.5, 0.6) is 0 Å². The maximum Gasteiger partial charge on any atom is 0.217 e. The van der Waals surface area contributed by atoms with Gasteiger partial charge in [0.1, 0.15) is 85.5 Å². The van der Waals surface area contributed by atoms with Crippen LogP contribution in [0.15, 0.2) is 0 Å². The maximum absolute atomic E-state index is 13.2. The average Bonchev–Trinajstić information content (AvgIpc) is 3.39. The monoisotopic (exact) mass is 1240 g/mol. The lowest BCUT2D eigenvalue weighted by Crippen LogP contribution is -2.69. The lowest BCUT2D eigenvalue weighted by molar-refractivity contribution is -0.778. The third kappa shape index (κ3) is 19.2. The molecular weight excluding hydrogens is 1200 g/mol. The average molecular weight is 1240 g/mol. The first-order chi connectivity index (χ1) is 36.5. The van der Waals surface area contributed by atoms with Crippen LogP contribution in [0.3, 0.4) is 0 Å². The third-order valence-electron chi connectivity index (χ3n) is 10.4. The fraction of sp³-hybridized carbons (Fsp3) is 0.931. The topological polar surface area (TPSA) is 531 Å². The zero-order chi connectivity index (χ0) is 56.0. The Bertz CT molecular complexity index is 1760. The van der Waals surface area contributed by atoms with Crippen molar-refractivity contribution in [2.24, 2.45) is 0 Å². The molecule has 20 atom stereocenters. The zero-order valence-electron chi connectivity index (χ0n) is 38.2. The van der Waals surface area contributed by atoms with Crippen LogP contribution in [0.2, 0.25) is 0 Å². The number of hydrogen-bond donors (Lipinski definition) is 1. The number of hydrogen-bond acceptors (Lipinski definition) is 46. The molecule has 446 valence electrons. The molecule has 4 aliphatic heterocycles. The predicted molar refractivity (Wildman–Crippen MR) is 205 cm³/mol. The molecule has 0 bridgehead atoms. The Morgan fingerprint density at radius 3 is 1.28 bits per heavy atom. The minimum atomic E-state index is -5.68. The molecule has 4 rings (SSSR count). The van der Waals surface area contributed by atoms with Crippen molar-refractivity contribution >= 4 is 84.0 Å². The van der Waals surface area contributed by atoms with Crippen molar-refractivity contribution in [3.05, 3.63) is 0 Å². The van der Waals surface area contributed by atoms with Crippen molar-refractivity contribution in [2.45, 2.75) is 123 Å². The Kier molecular flexibility index (Phi) is 31.4. The molecule has 0 saturated carbocycles. The SMILES string of the molecule is COC1C(OC)[C@H](O[C@H]2O[C@H](COS(=O)(=O)[O-])[C@@H](O[C@@H]3OC(C(=O)[O-])[C@H](O)[C@H](OC)C3OC)C(OSOO[O-])C2OSOO[O-])[C@H](C(=O)[O-])O[C@@H]1O[C@H]1C(COSOO[O-])O[C@@H](OC)C(OSOO[O-])[C@H]1OSOO[O-]. The molecule has 47 heteroatoms. The number of aliphatic hydroxyl groups excluding tert-OH is 1. The highest BCUT2D eigenvalue weighted by Crippen LogP contribution is 2.41. The van der Waals surface area contributed by atoms with Gasteiger partial charge in [-0.1, -0.05) is 0 Å². The Hall–Kier alpha value is -0.760. The molecular formula is C29H40O41S6-8. The Balaban J connectivity index is 1.82. The lowest BCUT2D eigenvalue weighted by atomic mass is 9.95. The predicted octanol–water partition coefficient (Wildman–Crippen LogP) is -10.4. The van der Waals surface area contributed by atoms with Crippen molar-refractivity contribution < 1.29 is 193 Å². The van der Waals surface area contributed by atoms with Gasteiger partial charge in [0.2, 0.25) is 10.4 Å². The number of carbonyl (C=O) groups excluding carboxylic acids is 2. The summed E-state index contributed by atoms with van der Waals surface area (Å²) >= 11 is -0.926. The number of carboxylic acids is 2. The van der Waals surface area contributed by atoms with Crippen LogP contribution >= 0.6 is 61.6 Å². The second kappa shape index (κ2) is 35.3. The molecule has 4 aliphatic rings. The van der Waals surface area contributed by atoms with Gasteiger partial charge in [-0.3, -0.25) is 50.3 Å². The largest absolute Gasteiger partial charge is 0.726 e. The number of methoxy groups -OCH3 is 5. The summed E-state index contributed by atoms with van der Waals surface area (Å²) in [5, 5.41) is 106. The van der Waals surface area contributed by atoms with Gasteiger partial charge < -0.3 is 113 Å². The van der Waals surface area contributed by atoms with Gasteiger partial charge in [-0.25, -0.2) is 8.42 Å². The van der Waals surface area contributed by atoms with Gasteiger partial charge in [0.15, 0.2) is 99.0 Å². The number of carbonyl (C=O) groups is 2. The fourth-order valence-corrected chi connectivity index (χ4v) is 9.50. The number of aliphatic hydroxyl groups is 1. The highest BCUT2D eigenvalue weighted by Gasteiger charge is 2.59. The molecule has 0 radical (unpaired) electrons. The second-order valence-electron chi connectivity index (χ2n) is 14.1. The molecule has 0 aromatic rings. The van der Waals surface area contributed by atoms with Gasteiger partial charge in [-0.05, 0) is 0 Å². The van der Waals surface area contributed by atoms with Crippen LogP contribution < -0.4 is 36.5 Å². The van der Waals surface area contributed by atoms with Crippen molar-refractivity contribution in [3.63, 3.8) is 0 Å². The van der Waals surface area contributed by atoms with Gasteiger partial charge in [-0.2, -0.15) is 0 Å². The van der Waals surface area contributed by atoms with Crippen LogP contribution in [-0.2, 0) is 149 Å². The normalized spacial score (nSPS) is 36.3. The van der Waals surface area contributed by atoms with Crippen LogP contribution in [-0.4, -0.2) is 202 Å². The van der Waals surface area contributed by atoms with E-state index in [1.165, 1.54) is 0 Å². The van der Waals surface area contributed by atoms with Gasteiger partial charge >= 0.3 is 0 Å². The highest BCUT2D eigenvalue weighted by atomic mass is 32.3. The molecule has 4 fully saturated rings. The number of rotatable bonds is 37. The minimum absolute atomic E-state index is 0.0278. The van der Waals surface area contributed by atoms with E-state index in [0.29, 0.717) is 0 Å². The summed E-state index contributed by atoms with van der Waals surface area (Å²) in [6.07, 6.45) is -39.1. The van der Waals surface area contributed by atoms with Crippen LogP contribution in [0, 0.1) is 0 Å². The van der Waals surface area contributed by atoms with E-state index in [1.54, 1.807) is 0 Å². The molecule has 8 unspecified atom stereocenters. The molecule has 0 aromatic carbocycles. The Labute approximate surface area is 447 Å². The van der Waals surface area contributed by atoms with Gasteiger partial charge in [-0.15, -0.1) is 21.7 Å². The summed E-state index contributed by atoms with van der Waals surface area (Å²) in [4.78, 5) is 25.2. The standard InChI is InChI=1S/C29H48O41S6/c1-43-13-10(30)14(24(31)32)54-27(20(13)45-3)53-12-9(7-49-76(40,41)42)51-29(23(60-75-70-65-39)18(12)58-73-68-63-37)55-16-15(44-2)21(46-4)28(56-19(16)25(33)34)52-11-8(6-48-71-66-61-35)50-26(47-5)22(59-74-69-64-38)17(11)57-72-67-62-36/h8-23,26-30,35-39H,6-7H2,1-5H3,(H,31,32)(H,33,34)(H,40,41,42)/p-8/t8?,9-,10-,11+,12-,13+,14?,15?,16+,17+,18?,19-,20?,21?,22?,23?,26-,27-,28+,29-/m1/s1. The summed E-state index contributed by atoms with van der Waals surface area (Å²) in [5.74, 6) is -4.17. The van der Waals surface area contributed by atoms with E-state index >= 15 is 0 Å². The lowest BCUT2D eigenvalue weighted by Gasteiger charge is -2.51. The van der Waals surface area contributed by atoms with E-state index in [0.717, 1.165) is 35.5 Å². The Morgan fingerprint density at radius 1 is 0.461 bits per heavy atom. The first-order valence-electron chi connectivity index (χ1n) is 19.8. The molecule has 76 heavy (non-hydrogen) atoms. The van der Waals surface area contributed by atoms with E-state index in [2.05, 4.69) is 51.0 Å². The molecule has 0 aromatic heterocycles. The zero-order valence-corrected chi connectivity index (χ0v) is 43.1. The van der Waals surface area contributed by atoms with Gasteiger partial charge in [0, 0.05) is 35.5 Å². The van der Waals surface area contributed by atoms with Crippen LogP contribution in [0.1, 0.15) is 0 Å². The summed E-state index contributed by atoms with van der Waals surface area (Å²) < 4.78 is 157. The minimum Gasteiger partial charge on any atom is -0.726 e.